The van der Waals surface area contributed by atoms with Crippen LogP contribution in [0.4, 0.5) is 0 Å². The molecule has 0 aliphatic heterocycles. The normalized spacial score (nSPS) is 31.1. The molecule has 1 aromatic carbocycles. The number of benzene rings is 1. The molecular formula is C21H27N3O3. The molecule has 4 bridgehead atoms. The van der Waals surface area contributed by atoms with Crippen LogP contribution in [-0.4, -0.2) is 31.7 Å². The zero-order valence-electron chi connectivity index (χ0n) is 15.7. The number of nitrogens with one attached hydrogen (secondary N) is 2. The molecule has 2 N–H and O–H groups in total. The van der Waals surface area contributed by atoms with Gasteiger partial charge in [0, 0.05) is 11.0 Å². The molecular weight excluding hydrogens is 342 g/mol. The van der Waals surface area contributed by atoms with Crippen molar-refractivity contribution in [3.8, 4) is 5.75 Å². The molecule has 0 spiro atoms. The lowest BCUT2D eigenvalue weighted by atomic mass is 9.49. The van der Waals surface area contributed by atoms with Crippen molar-refractivity contribution >= 4 is 18.0 Å². The van der Waals surface area contributed by atoms with Crippen molar-refractivity contribution in [3.63, 3.8) is 0 Å². The molecule has 0 aromatic heterocycles. The Morgan fingerprint density at radius 1 is 1.15 bits per heavy atom. The van der Waals surface area contributed by atoms with Gasteiger partial charge in [-0.2, -0.15) is 5.10 Å². The zero-order chi connectivity index (χ0) is 18.9. The Labute approximate surface area is 159 Å². The average molecular weight is 369 g/mol. The van der Waals surface area contributed by atoms with E-state index in [1.165, 1.54) is 25.5 Å². The van der Waals surface area contributed by atoms with Gasteiger partial charge in [0.1, 0.15) is 5.75 Å². The second-order valence-electron chi connectivity index (χ2n) is 8.42. The first-order chi connectivity index (χ1) is 13.1. The summed E-state index contributed by atoms with van der Waals surface area (Å²) in [6.45, 7) is -0.0378. The van der Waals surface area contributed by atoms with Crippen LogP contribution in [0.2, 0.25) is 0 Å². The highest BCUT2D eigenvalue weighted by Gasteiger charge is 2.54. The maximum Gasteiger partial charge on any atom is 0.259 e. The Morgan fingerprint density at radius 3 is 2.41 bits per heavy atom. The van der Waals surface area contributed by atoms with E-state index in [0.29, 0.717) is 23.5 Å². The number of nitrogens with zero attached hydrogens (tertiary/aromatic N) is 1. The van der Waals surface area contributed by atoms with Gasteiger partial charge in [0.25, 0.3) is 5.91 Å². The fourth-order valence-electron chi connectivity index (χ4n) is 5.72. The van der Waals surface area contributed by atoms with Gasteiger partial charge in [-0.25, -0.2) is 5.43 Å². The Morgan fingerprint density at radius 2 is 1.78 bits per heavy atom. The van der Waals surface area contributed by atoms with Gasteiger partial charge in [0.2, 0.25) is 5.91 Å². The van der Waals surface area contributed by atoms with Crippen molar-refractivity contribution in [1.82, 2.24) is 10.7 Å². The third-order valence-corrected chi connectivity index (χ3v) is 6.46. The van der Waals surface area contributed by atoms with Crippen LogP contribution in [0.1, 0.15) is 44.1 Å². The second kappa shape index (κ2) is 7.33. The van der Waals surface area contributed by atoms with Gasteiger partial charge in [-0.1, -0.05) is 12.1 Å². The Kier molecular flexibility index (Phi) is 4.89. The zero-order valence-corrected chi connectivity index (χ0v) is 15.7. The summed E-state index contributed by atoms with van der Waals surface area (Å²) in [6.07, 6.45) is 8.42. The van der Waals surface area contributed by atoms with Gasteiger partial charge in [-0.15, -0.1) is 0 Å². The second-order valence-corrected chi connectivity index (χ2v) is 8.42. The number of rotatable bonds is 6. The fraction of sp³-hybridized carbons (Fsp3) is 0.571. The van der Waals surface area contributed by atoms with Crippen LogP contribution >= 0.6 is 0 Å². The first kappa shape index (κ1) is 18.0. The molecule has 4 fully saturated rings. The largest absolute Gasteiger partial charge is 0.496 e. The van der Waals surface area contributed by atoms with Crippen LogP contribution in [0.5, 0.6) is 5.75 Å². The SMILES string of the molecule is COc1ccccc1/C=N/NC(=O)CNC(=O)C12CC3CC(CC(C3)C1)C2. The van der Waals surface area contributed by atoms with Gasteiger partial charge in [0.15, 0.2) is 0 Å². The molecule has 0 saturated heterocycles. The summed E-state index contributed by atoms with van der Waals surface area (Å²) < 4.78 is 5.24. The highest BCUT2D eigenvalue weighted by Crippen LogP contribution is 2.60. The summed E-state index contributed by atoms with van der Waals surface area (Å²) in [4.78, 5) is 24.9. The molecule has 6 heteroatoms. The minimum Gasteiger partial charge on any atom is -0.496 e. The fourth-order valence-corrected chi connectivity index (χ4v) is 5.72. The Bertz CT molecular complexity index is 724. The maximum absolute atomic E-state index is 12.8. The lowest BCUT2D eigenvalue weighted by Crippen LogP contribution is -2.54. The van der Waals surface area contributed by atoms with Crippen LogP contribution in [0.3, 0.4) is 0 Å². The van der Waals surface area contributed by atoms with Crippen LogP contribution in [0, 0.1) is 23.2 Å². The molecule has 0 heterocycles. The number of methoxy groups -OCH3 is 1. The van der Waals surface area contributed by atoms with E-state index in [2.05, 4.69) is 15.8 Å². The first-order valence-electron chi connectivity index (χ1n) is 9.81. The number of hydrazone groups is 1. The van der Waals surface area contributed by atoms with E-state index >= 15 is 0 Å². The third kappa shape index (κ3) is 3.70. The van der Waals surface area contributed by atoms with Crippen molar-refractivity contribution in [1.29, 1.82) is 0 Å². The van der Waals surface area contributed by atoms with Gasteiger partial charge >= 0.3 is 0 Å². The minimum atomic E-state index is -0.320. The van der Waals surface area contributed by atoms with Gasteiger partial charge < -0.3 is 10.1 Å². The summed E-state index contributed by atoms with van der Waals surface area (Å²) in [5.74, 6) is 2.55. The van der Waals surface area contributed by atoms with Crippen LogP contribution in [0.15, 0.2) is 29.4 Å². The highest BCUT2D eigenvalue weighted by atomic mass is 16.5. The molecule has 2 amide bonds. The summed E-state index contributed by atoms with van der Waals surface area (Å²) >= 11 is 0. The van der Waals surface area contributed by atoms with E-state index in [4.69, 9.17) is 4.74 Å². The highest BCUT2D eigenvalue weighted by molar-refractivity contribution is 5.89. The molecule has 1 aromatic rings. The molecule has 5 rings (SSSR count). The molecule has 0 unspecified atom stereocenters. The smallest absolute Gasteiger partial charge is 0.259 e. The molecule has 144 valence electrons. The van der Waals surface area contributed by atoms with E-state index in [1.807, 2.05) is 24.3 Å². The minimum absolute atomic E-state index is 0.0378. The number of hydrogen-bond acceptors (Lipinski definition) is 4. The standard InChI is InChI=1S/C21H27N3O3/c1-27-18-5-3-2-4-17(18)12-23-24-19(25)13-22-20(26)21-9-14-6-15(10-21)8-16(7-14)11-21/h2-5,12,14-16H,6-11,13H2,1H3,(H,22,26)(H,24,25)/b23-12+. The lowest BCUT2D eigenvalue weighted by molar-refractivity contribution is -0.147. The topological polar surface area (TPSA) is 79.8 Å². The average Bonchev–Trinajstić information content (AvgIpc) is 2.65. The number of carbonyl (C=O) groups excluding carboxylic acids is 2. The molecule has 4 saturated carbocycles. The Balaban J connectivity index is 1.28. The van der Waals surface area contributed by atoms with Crippen LogP contribution in [0.25, 0.3) is 0 Å². The maximum atomic E-state index is 12.8. The van der Waals surface area contributed by atoms with Gasteiger partial charge in [-0.05, 0) is 68.4 Å². The summed E-state index contributed by atoms with van der Waals surface area (Å²) in [7, 11) is 1.59. The van der Waals surface area contributed by atoms with Gasteiger partial charge in [-0.3, -0.25) is 9.59 Å². The Hall–Kier alpha value is -2.37. The van der Waals surface area contributed by atoms with Crippen molar-refractivity contribution in [2.75, 3.05) is 13.7 Å². The summed E-state index contributed by atoms with van der Waals surface area (Å²) in [6, 6.07) is 7.42. The van der Waals surface area contributed by atoms with Crippen molar-refractivity contribution in [3.05, 3.63) is 29.8 Å². The van der Waals surface area contributed by atoms with E-state index in [1.54, 1.807) is 7.11 Å². The summed E-state index contributed by atoms with van der Waals surface area (Å²) in [5.41, 5.74) is 3.02. The number of hydrogen-bond donors (Lipinski definition) is 2. The monoisotopic (exact) mass is 369 g/mol. The van der Waals surface area contributed by atoms with Crippen molar-refractivity contribution in [2.45, 2.75) is 38.5 Å². The number of carbonyl (C=O) groups is 2. The summed E-state index contributed by atoms with van der Waals surface area (Å²) in [5, 5.41) is 6.83. The molecule has 0 atom stereocenters. The predicted molar refractivity (Wildman–Crippen MR) is 102 cm³/mol. The molecule has 6 nitrogen and oxygen atoms in total. The number of para-hydroxylation sites is 1. The van der Waals surface area contributed by atoms with Crippen molar-refractivity contribution < 1.29 is 14.3 Å². The molecule has 4 aliphatic carbocycles. The van der Waals surface area contributed by atoms with Crippen LogP contribution < -0.4 is 15.5 Å². The number of ether oxygens (including phenoxy) is 1. The quantitative estimate of drug-likeness (QED) is 0.597. The molecule has 0 radical (unpaired) electrons. The van der Waals surface area contributed by atoms with Crippen molar-refractivity contribution in [2.24, 2.45) is 28.3 Å². The molecule has 4 aliphatic rings. The first-order valence-corrected chi connectivity index (χ1v) is 9.81. The van der Waals surface area contributed by atoms with E-state index in [0.717, 1.165) is 24.8 Å². The van der Waals surface area contributed by atoms with E-state index in [9.17, 15) is 9.59 Å². The van der Waals surface area contributed by atoms with Crippen LogP contribution in [-0.2, 0) is 9.59 Å². The van der Waals surface area contributed by atoms with E-state index < -0.39 is 0 Å². The third-order valence-electron chi connectivity index (χ3n) is 6.46. The lowest BCUT2D eigenvalue weighted by Gasteiger charge is -2.55. The molecule has 27 heavy (non-hydrogen) atoms. The predicted octanol–water partition coefficient (Wildman–Crippen LogP) is 2.48. The van der Waals surface area contributed by atoms with Gasteiger partial charge in [0.05, 0.1) is 19.9 Å². The van der Waals surface area contributed by atoms with E-state index in [-0.39, 0.29) is 23.8 Å². The number of amides is 2.